The number of aromatic nitrogens is 2. The number of Topliss-reactive ketones (excluding diaryl/α,β-unsaturated/α-hetero) is 1. The number of piperazine rings is 1. The molecule has 40 heavy (non-hydrogen) atoms. The Kier molecular flexibility index (Phi) is 9.21. The summed E-state index contributed by atoms with van der Waals surface area (Å²) in [7, 11) is 2.09. The van der Waals surface area contributed by atoms with Crippen LogP contribution in [-0.4, -0.2) is 101 Å². The Morgan fingerprint density at radius 2 is 1.55 bits per heavy atom. The first-order valence-electron chi connectivity index (χ1n) is 12.2. The van der Waals surface area contributed by atoms with Gasteiger partial charge in [-0.2, -0.15) is 26.3 Å². The summed E-state index contributed by atoms with van der Waals surface area (Å²) in [5, 5.41) is 10.1. The van der Waals surface area contributed by atoms with Crippen LogP contribution in [0.3, 0.4) is 0 Å². The van der Waals surface area contributed by atoms with Gasteiger partial charge >= 0.3 is 12.4 Å². The third-order valence-corrected chi connectivity index (χ3v) is 9.04. The maximum atomic E-state index is 12.9. The van der Waals surface area contributed by atoms with Crippen molar-refractivity contribution < 1.29 is 41.0 Å². The Hall–Kier alpha value is -2.18. The number of ketones is 1. The molecule has 17 heteroatoms. The van der Waals surface area contributed by atoms with Crippen molar-refractivity contribution in [2.24, 2.45) is 0 Å². The lowest BCUT2D eigenvalue weighted by Crippen LogP contribution is -2.55. The van der Waals surface area contributed by atoms with Gasteiger partial charge in [0.15, 0.2) is 0 Å². The Morgan fingerprint density at radius 1 is 1.00 bits per heavy atom. The van der Waals surface area contributed by atoms with Gasteiger partial charge in [-0.25, -0.2) is 14.3 Å². The van der Waals surface area contributed by atoms with E-state index in [9.17, 15) is 36.2 Å². The first-order chi connectivity index (χ1) is 18.7. The molecule has 222 valence electrons. The van der Waals surface area contributed by atoms with Gasteiger partial charge in [-0.05, 0) is 31.1 Å². The molecule has 0 aliphatic carbocycles. The monoisotopic (exact) mass is 614 g/mol. The van der Waals surface area contributed by atoms with Crippen LogP contribution in [0.15, 0.2) is 28.7 Å². The highest BCUT2D eigenvalue weighted by Gasteiger charge is 2.71. The molecule has 3 N–H and O–H groups in total. The molecule has 2 bridgehead atoms. The molecule has 3 saturated heterocycles. The van der Waals surface area contributed by atoms with E-state index in [2.05, 4.69) is 26.2 Å². The van der Waals surface area contributed by atoms with E-state index >= 15 is 0 Å². The summed E-state index contributed by atoms with van der Waals surface area (Å²) in [5.41, 5.74) is -0.831. The van der Waals surface area contributed by atoms with Crippen molar-refractivity contribution in [2.45, 2.75) is 47.1 Å². The van der Waals surface area contributed by atoms with Crippen LogP contribution < -0.4 is 10.6 Å². The second kappa shape index (κ2) is 12.0. The van der Waals surface area contributed by atoms with Crippen molar-refractivity contribution in [2.75, 3.05) is 57.1 Å². The van der Waals surface area contributed by atoms with Gasteiger partial charge in [-0.1, -0.05) is 0 Å². The van der Waals surface area contributed by atoms with Crippen molar-refractivity contribution in [1.29, 1.82) is 0 Å². The zero-order chi connectivity index (χ0) is 29.3. The van der Waals surface area contributed by atoms with Crippen molar-refractivity contribution >= 4 is 40.0 Å². The maximum absolute atomic E-state index is 12.9. The summed E-state index contributed by atoms with van der Waals surface area (Å²) < 4.78 is 85.9. The lowest BCUT2D eigenvalue weighted by atomic mass is 9.94. The van der Waals surface area contributed by atoms with Crippen LogP contribution in [0.25, 0.3) is 0 Å². The largest absolute Gasteiger partial charge is 0.430 e. The van der Waals surface area contributed by atoms with Crippen LogP contribution in [0, 0.1) is 0 Å². The van der Waals surface area contributed by atoms with E-state index in [4.69, 9.17) is 10.5 Å². The number of halogens is 6. The standard InChI is InChI=1S/C15H15F6N5OS2.C8H13NO2/c16-14(17,18)13(27,15(19,20)21)9-7-23-12(24-8-9)25-3-5-26(6-4-25)29-11-2-1-10(22)28-11;1-9-6-2-8(10)3-7(9)5-11-4-6/h1-2,7-8,27H,3-6,22H2;6-7H,2-5H2,1H3. The molecule has 5 heterocycles. The predicted octanol–water partition coefficient (Wildman–Crippen LogP) is 3.31. The predicted molar refractivity (Wildman–Crippen MR) is 137 cm³/mol. The maximum Gasteiger partial charge on any atom is 0.430 e. The van der Waals surface area contributed by atoms with Crippen molar-refractivity contribution in [1.82, 2.24) is 19.2 Å². The van der Waals surface area contributed by atoms with E-state index in [0.717, 1.165) is 17.4 Å². The first kappa shape index (κ1) is 30.8. The third kappa shape index (κ3) is 6.65. The topological polar surface area (TPSA) is 108 Å². The van der Waals surface area contributed by atoms with Gasteiger partial charge in [-0.3, -0.25) is 9.69 Å². The molecule has 9 nitrogen and oxygen atoms in total. The number of carbonyl (C=O) groups excluding carboxylic acids is 1. The van der Waals surface area contributed by atoms with E-state index < -0.39 is 23.5 Å². The first-order valence-corrected chi connectivity index (χ1v) is 13.8. The van der Waals surface area contributed by atoms with Crippen molar-refractivity contribution in [3.05, 3.63) is 30.1 Å². The van der Waals surface area contributed by atoms with E-state index in [1.165, 1.54) is 23.3 Å². The van der Waals surface area contributed by atoms with Gasteiger partial charge in [0, 0.05) is 69.1 Å². The van der Waals surface area contributed by atoms with Gasteiger partial charge in [-0.15, -0.1) is 11.3 Å². The average Bonchev–Trinajstić information content (AvgIpc) is 3.28. The molecule has 3 aliphatic rings. The summed E-state index contributed by atoms with van der Waals surface area (Å²) in [6, 6.07) is 4.40. The van der Waals surface area contributed by atoms with Crippen molar-refractivity contribution in [3.8, 4) is 0 Å². The van der Waals surface area contributed by atoms with Crippen LogP contribution in [0.1, 0.15) is 18.4 Å². The van der Waals surface area contributed by atoms with Gasteiger partial charge in [0.25, 0.3) is 5.60 Å². The lowest BCUT2D eigenvalue weighted by Gasteiger charge is -2.42. The van der Waals surface area contributed by atoms with Gasteiger partial charge < -0.3 is 20.5 Å². The fourth-order valence-electron chi connectivity index (χ4n) is 4.54. The fourth-order valence-corrected chi connectivity index (χ4v) is 6.53. The second-order valence-corrected chi connectivity index (χ2v) is 12.1. The molecule has 5 rings (SSSR count). The molecule has 0 saturated carbocycles. The normalized spacial score (nSPS) is 23.1. The molecule has 2 aromatic heterocycles. The van der Waals surface area contributed by atoms with E-state index in [-0.39, 0.29) is 5.95 Å². The summed E-state index contributed by atoms with van der Waals surface area (Å²) in [6.07, 6.45) is -9.84. The number of anilines is 2. The van der Waals surface area contributed by atoms with Crippen LogP contribution in [0.5, 0.6) is 0 Å². The number of hydrogen-bond acceptors (Lipinski definition) is 11. The summed E-state index contributed by atoms with van der Waals surface area (Å²) >= 11 is 2.95. The van der Waals surface area contributed by atoms with Crippen LogP contribution >= 0.6 is 23.3 Å². The molecule has 3 aliphatic heterocycles. The zero-order valence-corrected chi connectivity index (χ0v) is 22.9. The molecule has 2 unspecified atom stereocenters. The number of alkyl halides is 6. The van der Waals surface area contributed by atoms with Crippen LogP contribution in [-0.2, 0) is 15.1 Å². The number of likely N-dealkylation sites (N-methyl/N-ethyl adjacent to an activating group) is 1. The highest BCUT2D eigenvalue weighted by Crippen LogP contribution is 2.49. The third-order valence-electron chi connectivity index (χ3n) is 6.92. The smallest absolute Gasteiger partial charge is 0.391 e. The molecule has 2 aromatic rings. The second-order valence-electron chi connectivity index (χ2n) is 9.60. The summed E-state index contributed by atoms with van der Waals surface area (Å²) in [5.74, 6) is 0.395. The molecule has 0 radical (unpaired) electrons. The van der Waals surface area contributed by atoms with Crippen molar-refractivity contribution in [3.63, 3.8) is 0 Å². The van der Waals surface area contributed by atoms with Gasteiger partial charge in [0.2, 0.25) is 5.95 Å². The fraction of sp³-hybridized carbons (Fsp3) is 0.609. The minimum atomic E-state index is -5.97. The summed E-state index contributed by atoms with van der Waals surface area (Å²) in [4.78, 5) is 22.3. The number of ether oxygens (including phenoxy) is 1. The van der Waals surface area contributed by atoms with Gasteiger partial charge in [0.05, 0.1) is 22.4 Å². The molecule has 0 aromatic carbocycles. The number of aliphatic hydroxyl groups is 1. The Labute approximate surface area is 234 Å². The summed E-state index contributed by atoms with van der Waals surface area (Å²) in [6.45, 7) is 3.47. The molecule has 3 fully saturated rings. The Bertz CT molecular complexity index is 1130. The molecule has 0 amide bonds. The van der Waals surface area contributed by atoms with E-state index in [1.807, 2.05) is 6.07 Å². The molecular formula is C23H28F6N6O3S2. The number of fused-ring (bicyclic) bond motifs is 2. The Morgan fingerprint density at radius 3 is 2.02 bits per heavy atom. The number of carbonyl (C=O) groups is 1. The minimum absolute atomic E-state index is 0.00883. The number of thiophene rings is 1. The molecular weight excluding hydrogens is 586 g/mol. The molecule has 0 spiro atoms. The molecule has 2 atom stereocenters. The highest BCUT2D eigenvalue weighted by molar-refractivity contribution is 7.99. The Balaban J connectivity index is 0.000000278. The number of rotatable bonds is 4. The number of nitrogens with zero attached hydrogens (tertiary/aromatic N) is 5. The van der Waals surface area contributed by atoms with Crippen LogP contribution in [0.2, 0.25) is 0 Å². The van der Waals surface area contributed by atoms with E-state index in [0.29, 0.717) is 74.3 Å². The number of piperidine rings is 1. The number of nitrogen functional groups attached to an aromatic ring is 1. The van der Waals surface area contributed by atoms with Gasteiger partial charge in [0.1, 0.15) is 5.78 Å². The minimum Gasteiger partial charge on any atom is -0.391 e. The zero-order valence-electron chi connectivity index (χ0n) is 21.3. The number of nitrogens with two attached hydrogens (primary N) is 1. The lowest BCUT2D eigenvalue weighted by molar-refractivity contribution is -0.376. The van der Waals surface area contributed by atoms with Crippen LogP contribution in [0.4, 0.5) is 37.3 Å². The SMILES string of the molecule is CN1C2COCC1CC(=O)C2.Nc1ccc(SN2CCN(c3ncc(C(O)(C(F)(F)F)C(F)(F)F)cn3)CC2)s1. The average molecular weight is 615 g/mol. The quantitative estimate of drug-likeness (QED) is 0.394. The number of hydrogen-bond donors (Lipinski definition) is 2. The highest BCUT2D eigenvalue weighted by atomic mass is 32.2. The number of morpholine rings is 1. The van der Waals surface area contributed by atoms with E-state index in [1.54, 1.807) is 11.0 Å².